The van der Waals surface area contributed by atoms with Gasteiger partial charge in [0.2, 0.25) is 0 Å². The maximum absolute atomic E-state index is 11.1. The van der Waals surface area contributed by atoms with Crippen LogP contribution in [0.1, 0.15) is 29.0 Å². The van der Waals surface area contributed by atoms with Crippen LogP contribution in [0, 0.1) is 0 Å². The quantitative estimate of drug-likeness (QED) is 0.850. The summed E-state index contributed by atoms with van der Waals surface area (Å²) < 4.78 is 1.67. The molecule has 1 amide bonds. The van der Waals surface area contributed by atoms with Crippen LogP contribution in [0.25, 0.3) is 5.69 Å². The van der Waals surface area contributed by atoms with Crippen LogP contribution in [0.2, 0.25) is 0 Å². The summed E-state index contributed by atoms with van der Waals surface area (Å²) in [6.07, 6.45) is 1.74. The Morgan fingerprint density at radius 3 is 2.72 bits per heavy atom. The Labute approximate surface area is 106 Å². The zero-order valence-electron chi connectivity index (χ0n) is 10.4. The molecular formula is C13H16N4O. The first-order valence-electron chi connectivity index (χ1n) is 5.75. The SMILES string of the molecule is CNC(C)c1ccccc1-n1ccc(C(N)=O)n1. The van der Waals surface area contributed by atoms with Gasteiger partial charge < -0.3 is 11.1 Å². The number of carbonyl (C=O) groups excluding carboxylic acids is 1. The highest BCUT2D eigenvalue weighted by atomic mass is 16.1. The molecule has 0 spiro atoms. The number of amides is 1. The first kappa shape index (κ1) is 12.3. The standard InChI is InChI=1S/C13H16N4O/c1-9(15-2)10-5-3-4-6-12(10)17-8-7-11(16-17)13(14)18/h3-9,15H,1-2H3,(H2,14,18). The van der Waals surface area contributed by atoms with E-state index in [9.17, 15) is 4.79 Å². The summed E-state index contributed by atoms with van der Waals surface area (Å²) in [5.41, 5.74) is 7.51. The fourth-order valence-electron chi connectivity index (χ4n) is 1.81. The van der Waals surface area contributed by atoms with Gasteiger partial charge in [-0.1, -0.05) is 18.2 Å². The summed E-state index contributed by atoms with van der Waals surface area (Å²) in [5, 5.41) is 7.36. The lowest BCUT2D eigenvalue weighted by Crippen LogP contribution is -2.16. The van der Waals surface area contributed by atoms with Crippen molar-refractivity contribution in [2.75, 3.05) is 7.05 Å². The van der Waals surface area contributed by atoms with Crippen LogP contribution in [0.3, 0.4) is 0 Å². The molecule has 18 heavy (non-hydrogen) atoms. The average molecular weight is 244 g/mol. The molecule has 0 fully saturated rings. The van der Waals surface area contributed by atoms with E-state index in [1.807, 2.05) is 31.3 Å². The van der Waals surface area contributed by atoms with Crippen LogP contribution in [0.15, 0.2) is 36.5 Å². The molecule has 1 unspecified atom stereocenters. The van der Waals surface area contributed by atoms with E-state index in [0.717, 1.165) is 11.3 Å². The molecule has 1 aromatic carbocycles. The number of aromatic nitrogens is 2. The second-order valence-corrected chi connectivity index (χ2v) is 4.08. The Kier molecular flexibility index (Phi) is 3.43. The molecule has 94 valence electrons. The maximum atomic E-state index is 11.1. The minimum atomic E-state index is -0.520. The molecule has 0 bridgehead atoms. The van der Waals surface area contributed by atoms with Crippen LogP contribution in [0.4, 0.5) is 0 Å². The maximum Gasteiger partial charge on any atom is 0.269 e. The molecule has 1 heterocycles. The number of primary amides is 1. The molecule has 0 aliphatic rings. The fourth-order valence-corrected chi connectivity index (χ4v) is 1.81. The molecule has 1 aromatic heterocycles. The monoisotopic (exact) mass is 244 g/mol. The summed E-state index contributed by atoms with van der Waals surface area (Å²) >= 11 is 0. The number of nitrogens with one attached hydrogen (secondary N) is 1. The molecular weight excluding hydrogens is 228 g/mol. The second kappa shape index (κ2) is 5.01. The molecule has 5 nitrogen and oxygen atoms in total. The van der Waals surface area contributed by atoms with E-state index < -0.39 is 5.91 Å². The first-order valence-corrected chi connectivity index (χ1v) is 5.75. The van der Waals surface area contributed by atoms with Crippen LogP contribution >= 0.6 is 0 Å². The van der Waals surface area contributed by atoms with Crippen molar-refractivity contribution in [3.05, 3.63) is 47.8 Å². The molecule has 0 saturated carbocycles. The number of benzene rings is 1. The average Bonchev–Trinajstić information content (AvgIpc) is 2.87. The van der Waals surface area contributed by atoms with Crippen molar-refractivity contribution in [2.24, 2.45) is 5.73 Å². The van der Waals surface area contributed by atoms with Crippen molar-refractivity contribution in [2.45, 2.75) is 13.0 Å². The van der Waals surface area contributed by atoms with Crippen LogP contribution in [-0.4, -0.2) is 22.7 Å². The topological polar surface area (TPSA) is 72.9 Å². The second-order valence-electron chi connectivity index (χ2n) is 4.08. The van der Waals surface area contributed by atoms with Gasteiger partial charge in [-0.15, -0.1) is 0 Å². The van der Waals surface area contributed by atoms with Crippen LogP contribution in [-0.2, 0) is 0 Å². The zero-order chi connectivity index (χ0) is 13.1. The number of nitrogens with zero attached hydrogens (tertiary/aromatic N) is 2. The van der Waals surface area contributed by atoms with Gasteiger partial charge >= 0.3 is 0 Å². The minimum absolute atomic E-state index is 0.197. The lowest BCUT2D eigenvalue weighted by molar-refractivity contribution is 0.0995. The molecule has 0 saturated heterocycles. The summed E-state index contributed by atoms with van der Waals surface area (Å²) in [4.78, 5) is 11.1. The summed E-state index contributed by atoms with van der Waals surface area (Å²) in [6.45, 7) is 2.07. The Balaban J connectivity index is 2.46. The van der Waals surface area contributed by atoms with E-state index in [-0.39, 0.29) is 11.7 Å². The Hall–Kier alpha value is -2.14. The highest BCUT2D eigenvalue weighted by molar-refractivity contribution is 5.90. The number of hydrogen-bond acceptors (Lipinski definition) is 3. The van der Waals surface area contributed by atoms with Gasteiger partial charge in [-0.2, -0.15) is 5.10 Å². The molecule has 5 heteroatoms. The van der Waals surface area contributed by atoms with Crippen molar-refractivity contribution in [3.8, 4) is 5.69 Å². The van der Waals surface area contributed by atoms with Crippen molar-refractivity contribution >= 4 is 5.91 Å². The Morgan fingerprint density at radius 2 is 2.11 bits per heavy atom. The summed E-state index contributed by atoms with van der Waals surface area (Å²) in [5.74, 6) is -0.520. The van der Waals surface area contributed by atoms with Gasteiger partial charge in [0.25, 0.3) is 5.91 Å². The number of hydrogen-bond donors (Lipinski definition) is 2. The third-order valence-electron chi connectivity index (χ3n) is 2.92. The van der Waals surface area contributed by atoms with Gasteiger partial charge in [0.15, 0.2) is 0 Å². The summed E-state index contributed by atoms with van der Waals surface area (Å²) in [6, 6.07) is 9.71. The normalized spacial score (nSPS) is 12.3. The minimum Gasteiger partial charge on any atom is -0.364 e. The van der Waals surface area contributed by atoms with E-state index >= 15 is 0 Å². The van der Waals surface area contributed by atoms with Crippen LogP contribution < -0.4 is 11.1 Å². The molecule has 0 radical (unpaired) electrons. The molecule has 0 aliphatic carbocycles. The van der Waals surface area contributed by atoms with E-state index in [1.54, 1.807) is 16.9 Å². The van der Waals surface area contributed by atoms with E-state index in [1.165, 1.54) is 0 Å². The van der Waals surface area contributed by atoms with Gasteiger partial charge in [0.1, 0.15) is 5.69 Å². The highest BCUT2D eigenvalue weighted by Crippen LogP contribution is 2.20. The largest absolute Gasteiger partial charge is 0.364 e. The molecule has 0 aliphatic heterocycles. The molecule has 2 rings (SSSR count). The third kappa shape index (κ3) is 2.26. The fraction of sp³-hybridized carbons (Fsp3) is 0.231. The summed E-state index contributed by atoms with van der Waals surface area (Å²) in [7, 11) is 1.90. The predicted octanol–water partition coefficient (Wildman–Crippen LogP) is 1.25. The number of nitrogens with two attached hydrogens (primary N) is 1. The third-order valence-corrected chi connectivity index (χ3v) is 2.92. The lowest BCUT2D eigenvalue weighted by Gasteiger charge is -2.15. The van der Waals surface area contributed by atoms with Gasteiger partial charge in [-0.25, -0.2) is 4.68 Å². The van der Waals surface area contributed by atoms with Crippen molar-refractivity contribution in [3.63, 3.8) is 0 Å². The van der Waals surface area contributed by atoms with Crippen molar-refractivity contribution in [1.82, 2.24) is 15.1 Å². The lowest BCUT2D eigenvalue weighted by atomic mass is 10.1. The smallest absolute Gasteiger partial charge is 0.269 e. The predicted molar refractivity (Wildman–Crippen MR) is 69.6 cm³/mol. The highest BCUT2D eigenvalue weighted by Gasteiger charge is 2.12. The molecule has 2 aromatic rings. The van der Waals surface area contributed by atoms with Gasteiger partial charge in [-0.3, -0.25) is 4.79 Å². The van der Waals surface area contributed by atoms with Gasteiger partial charge in [0, 0.05) is 12.2 Å². The molecule has 1 atom stereocenters. The van der Waals surface area contributed by atoms with E-state index in [2.05, 4.69) is 17.3 Å². The van der Waals surface area contributed by atoms with Crippen molar-refractivity contribution in [1.29, 1.82) is 0 Å². The van der Waals surface area contributed by atoms with E-state index in [0.29, 0.717) is 0 Å². The zero-order valence-corrected chi connectivity index (χ0v) is 10.4. The first-order chi connectivity index (χ1) is 8.63. The number of rotatable bonds is 4. The number of carbonyl (C=O) groups is 1. The van der Waals surface area contributed by atoms with Crippen LogP contribution in [0.5, 0.6) is 0 Å². The molecule has 3 N–H and O–H groups in total. The Bertz CT molecular complexity index is 562. The Morgan fingerprint density at radius 1 is 1.39 bits per heavy atom. The van der Waals surface area contributed by atoms with Crippen molar-refractivity contribution < 1.29 is 4.79 Å². The number of para-hydroxylation sites is 1. The van der Waals surface area contributed by atoms with Gasteiger partial charge in [-0.05, 0) is 31.7 Å². The van der Waals surface area contributed by atoms with E-state index in [4.69, 9.17) is 5.73 Å². The van der Waals surface area contributed by atoms with Gasteiger partial charge in [0.05, 0.1) is 5.69 Å².